The van der Waals surface area contributed by atoms with Crippen LogP contribution in [-0.4, -0.2) is 41.1 Å². The predicted octanol–water partition coefficient (Wildman–Crippen LogP) is 4.08. The van der Waals surface area contributed by atoms with Crippen LogP contribution < -0.4 is 5.32 Å². The molecule has 0 unspecified atom stereocenters. The van der Waals surface area contributed by atoms with Crippen LogP contribution in [0.5, 0.6) is 0 Å². The molecule has 1 heterocycles. The number of carbonyl (C=O) groups excluding carboxylic acids is 2. The van der Waals surface area contributed by atoms with E-state index in [-0.39, 0.29) is 23.5 Å². The van der Waals surface area contributed by atoms with Gasteiger partial charge in [-0.1, -0.05) is 29.8 Å². The predicted molar refractivity (Wildman–Crippen MR) is 108 cm³/mol. The summed E-state index contributed by atoms with van der Waals surface area (Å²) >= 11 is 0. The van der Waals surface area contributed by atoms with E-state index in [0.717, 1.165) is 6.42 Å². The van der Waals surface area contributed by atoms with Crippen molar-refractivity contribution < 1.29 is 14.3 Å². The Balaban J connectivity index is 1.84. The van der Waals surface area contributed by atoms with Gasteiger partial charge in [0.2, 0.25) is 5.91 Å². The molecule has 0 aromatic heterocycles. The molecule has 0 bridgehead atoms. The lowest BCUT2D eigenvalue weighted by Crippen LogP contribution is -2.50. The molecule has 27 heavy (non-hydrogen) atoms. The highest BCUT2D eigenvalue weighted by Crippen LogP contribution is 2.22. The lowest BCUT2D eigenvalue weighted by molar-refractivity contribution is -0.128. The lowest BCUT2D eigenvalue weighted by atomic mass is 9.91. The quantitative estimate of drug-likeness (QED) is 0.864. The van der Waals surface area contributed by atoms with Crippen molar-refractivity contribution >= 4 is 12.0 Å². The SMILES string of the molecule is Cc1ccc(CC(C)(C)NC(=O)C2CCN(C(=O)OC(C)(C)C)CC2)cc1. The minimum atomic E-state index is -0.495. The molecule has 2 amide bonds. The Morgan fingerprint density at radius 3 is 2.15 bits per heavy atom. The second kappa shape index (κ2) is 8.32. The summed E-state index contributed by atoms with van der Waals surface area (Å²) < 4.78 is 5.41. The molecular formula is C22H34N2O3. The zero-order valence-electron chi connectivity index (χ0n) is 17.6. The zero-order valence-corrected chi connectivity index (χ0v) is 17.6. The number of aryl methyl sites for hydroxylation is 1. The number of carbonyl (C=O) groups is 2. The molecule has 1 N–H and O–H groups in total. The third kappa shape index (κ3) is 6.89. The highest BCUT2D eigenvalue weighted by molar-refractivity contribution is 5.80. The number of benzene rings is 1. The standard InChI is InChI=1S/C22H34N2O3/c1-16-7-9-17(10-8-16)15-22(5,6)23-19(25)18-11-13-24(14-12-18)20(26)27-21(2,3)4/h7-10,18H,11-15H2,1-6H3,(H,23,25). The number of rotatable bonds is 4. The second-order valence-electron chi connectivity index (χ2n) is 9.28. The molecule has 5 heteroatoms. The van der Waals surface area contributed by atoms with Gasteiger partial charge in [-0.3, -0.25) is 4.79 Å². The normalized spacial score (nSPS) is 16.1. The molecule has 1 aliphatic rings. The first kappa shape index (κ1) is 21.3. The maximum atomic E-state index is 12.7. The Morgan fingerprint density at radius 2 is 1.63 bits per heavy atom. The number of ether oxygens (including phenoxy) is 1. The molecular weight excluding hydrogens is 340 g/mol. The van der Waals surface area contributed by atoms with E-state index in [0.29, 0.717) is 25.9 Å². The van der Waals surface area contributed by atoms with Crippen molar-refractivity contribution in [3.05, 3.63) is 35.4 Å². The van der Waals surface area contributed by atoms with Crippen molar-refractivity contribution in [3.63, 3.8) is 0 Å². The molecule has 2 rings (SSSR count). The van der Waals surface area contributed by atoms with Gasteiger partial charge < -0.3 is 15.0 Å². The summed E-state index contributed by atoms with van der Waals surface area (Å²) in [5.74, 6) is 0.0249. The Labute approximate surface area is 163 Å². The number of amides is 2. The van der Waals surface area contributed by atoms with Crippen LogP contribution in [0.2, 0.25) is 0 Å². The smallest absolute Gasteiger partial charge is 0.410 e. The molecule has 5 nitrogen and oxygen atoms in total. The molecule has 0 aliphatic carbocycles. The van der Waals surface area contributed by atoms with E-state index in [1.165, 1.54) is 11.1 Å². The summed E-state index contributed by atoms with van der Waals surface area (Å²) in [7, 11) is 0. The van der Waals surface area contributed by atoms with Gasteiger partial charge in [-0.25, -0.2) is 4.79 Å². The average Bonchev–Trinajstić information content (AvgIpc) is 2.55. The van der Waals surface area contributed by atoms with Crippen molar-refractivity contribution in [2.24, 2.45) is 5.92 Å². The number of nitrogens with one attached hydrogen (secondary N) is 1. The largest absolute Gasteiger partial charge is 0.444 e. The van der Waals surface area contributed by atoms with Crippen molar-refractivity contribution in [1.82, 2.24) is 10.2 Å². The van der Waals surface area contributed by atoms with Crippen LogP contribution in [0.15, 0.2) is 24.3 Å². The number of hydrogen-bond donors (Lipinski definition) is 1. The molecule has 0 spiro atoms. The van der Waals surface area contributed by atoms with E-state index in [1.54, 1.807) is 4.90 Å². The molecule has 1 aliphatic heterocycles. The highest BCUT2D eigenvalue weighted by atomic mass is 16.6. The maximum absolute atomic E-state index is 12.7. The van der Waals surface area contributed by atoms with Crippen molar-refractivity contribution in [3.8, 4) is 0 Å². The minimum Gasteiger partial charge on any atom is -0.444 e. The number of hydrogen-bond acceptors (Lipinski definition) is 3. The first-order valence-electron chi connectivity index (χ1n) is 9.81. The van der Waals surface area contributed by atoms with Crippen LogP contribution in [0.3, 0.4) is 0 Å². The molecule has 0 saturated carbocycles. The van der Waals surface area contributed by atoms with Crippen LogP contribution in [0.1, 0.15) is 58.6 Å². The van der Waals surface area contributed by atoms with Gasteiger partial charge in [-0.2, -0.15) is 0 Å². The van der Waals surface area contributed by atoms with Gasteiger partial charge in [0.25, 0.3) is 0 Å². The Hall–Kier alpha value is -2.04. The van der Waals surface area contributed by atoms with E-state index in [1.807, 2.05) is 20.8 Å². The van der Waals surface area contributed by atoms with Crippen molar-refractivity contribution in [2.75, 3.05) is 13.1 Å². The van der Waals surface area contributed by atoms with Gasteiger partial charge >= 0.3 is 6.09 Å². The van der Waals surface area contributed by atoms with Gasteiger partial charge in [0.05, 0.1) is 0 Å². The summed E-state index contributed by atoms with van der Waals surface area (Å²) in [6.07, 6.45) is 1.84. The lowest BCUT2D eigenvalue weighted by Gasteiger charge is -2.35. The summed E-state index contributed by atoms with van der Waals surface area (Å²) in [4.78, 5) is 26.6. The van der Waals surface area contributed by atoms with E-state index in [9.17, 15) is 9.59 Å². The first-order valence-corrected chi connectivity index (χ1v) is 9.81. The fourth-order valence-corrected chi connectivity index (χ4v) is 3.35. The molecule has 0 radical (unpaired) electrons. The first-order chi connectivity index (χ1) is 12.5. The third-order valence-electron chi connectivity index (χ3n) is 4.75. The number of nitrogens with zero attached hydrogens (tertiary/aromatic N) is 1. The zero-order chi connectivity index (χ0) is 20.2. The molecule has 1 aromatic carbocycles. The molecule has 150 valence electrons. The van der Waals surface area contributed by atoms with Crippen LogP contribution >= 0.6 is 0 Å². The van der Waals surface area contributed by atoms with E-state index in [4.69, 9.17) is 4.74 Å². The molecule has 1 saturated heterocycles. The summed E-state index contributed by atoms with van der Waals surface area (Å²) in [5.41, 5.74) is 1.64. The molecule has 0 atom stereocenters. The topological polar surface area (TPSA) is 58.6 Å². The van der Waals surface area contributed by atoms with Crippen molar-refractivity contribution in [1.29, 1.82) is 0 Å². The highest BCUT2D eigenvalue weighted by Gasteiger charge is 2.32. The third-order valence-corrected chi connectivity index (χ3v) is 4.75. The minimum absolute atomic E-state index is 0.0546. The van der Waals surface area contributed by atoms with Gasteiger partial charge in [0, 0.05) is 24.5 Å². The monoisotopic (exact) mass is 374 g/mol. The molecule has 1 fully saturated rings. The van der Waals surface area contributed by atoms with E-state index in [2.05, 4.69) is 50.4 Å². The van der Waals surface area contributed by atoms with Crippen LogP contribution in [0.25, 0.3) is 0 Å². The van der Waals surface area contributed by atoms with E-state index >= 15 is 0 Å². The van der Waals surface area contributed by atoms with E-state index < -0.39 is 5.60 Å². The maximum Gasteiger partial charge on any atom is 0.410 e. The van der Waals surface area contributed by atoms with Crippen molar-refractivity contribution in [2.45, 2.75) is 71.9 Å². The molecule has 1 aromatic rings. The Morgan fingerprint density at radius 1 is 1.07 bits per heavy atom. The van der Waals surface area contributed by atoms with Gasteiger partial charge in [-0.15, -0.1) is 0 Å². The fraction of sp³-hybridized carbons (Fsp3) is 0.636. The van der Waals surface area contributed by atoms with Gasteiger partial charge in [-0.05, 0) is 66.4 Å². The van der Waals surface area contributed by atoms with Gasteiger partial charge in [0.1, 0.15) is 5.60 Å². The van der Waals surface area contributed by atoms with Gasteiger partial charge in [0.15, 0.2) is 0 Å². The Bertz CT molecular complexity index is 651. The fourth-order valence-electron chi connectivity index (χ4n) is 3.35. The number of piperidine rings is 1. The average molecular weight is 375 g/mol. The van der Waals surface area contributed by atoms with Crippen LogP contribution in [-0.2, 0) is 16.0 Å². The summed E-state index contributed by atoms with van der Waals surface area (Å²) in [6.45, 7) is 12.9. The summed E-state index contributed by atoms with van der Waals surface area (Å²) in [6, 6.07) is 8.42. The van der Waals surface area contributed by atoms with Crippen LogP contribution in [0.4, 0.5) is 4.79 Å². The number of likely N-dealkylation sites (tertiary alicyclic amines) is 1. The Kier molecular flexibility index (Phi) is 6.55. The van der Waals surface area contributed by atoms with Crippen LogP contribution in [0, 0.1) is 12.8 Å². The summed E-state index contributed by atoms with van der Waals surface area (Å²) in [5, 5.41) is 3.20. The second-order valence-corrected chi connectivity index (χ2v) is 9.28.